The third kappa shape index (κ3) is 1.31. The zero-order valence-electron chi connectivity index (χ0n) is 7.56. The summed E-state index contributed by atoms with van der Waals surface area (Å²) in [5, 5.41) is 8.91. The van der Waals surface area contributed by atoms with Gasteiger partial charge in [-0.05, 0) is 19.1 Å². The van der Waals surface area contributed by atoms with Gasteiger partial charge in [-0.15, -0.1) is 0 Å². The Bertz CT molecular complexity index is 508. The number of fused-ring (bicyclic) bond motifs is 1. The first-order chi connectivity index (χ1) is 6.68. The number of benzene rings is 1. The van der Waals surface area contributed by atoms with Crippen molar-refractivity contribution >= 4 is 17.0 Å². The van der Waals surface area contributed by atoms with Crippen LogP contribution in [-0.4, -0.2) is 21.0 Å². The van der Waals surface area contributed by atoms with Crippen LogP contribution in [0.1, 0.15) is 16.1 Å². The van der Waals surface area contributed by atoms with Gasteiger partial charge in [0.15, 0.2) is 0 Å². The zero-order valence-corrected chi connectivity index (χ0v) is 7.56. The number of carboxylic acids is 1. The fourth-order valence-electron chi connectivity index (χ4n) is 1.29. The molecule has 4 nitrogen and oxygen atoms in total. The molecule has 1 aromatic heterocycles. The number of aryl methyl sites for hydroxylation is 1. The summed E-state index contributed by atoms with van der Waals surface area (Å²) in [6.07, 6.45) is 1.62. The van der Waals surface area contributed by atoms with E-state index in [9.17, 15) is 4.79 Å². The zero-order chi connectivity index (χ0) is 10.1. The summed E-state index contributed by atoms with van der Waals surface area (Å²) in [7, 11) is 0. The molecule has 0 bridgehead atoms. The van der Waals surface area contributed by atoms with Gasteiger partial charge in [0.05, 0.1) is 16.8 Å². The molecule has 2 aromatic rings. The number of hydrogen-bond donors (Lipinski definition) is 1. The van der Waals surface area contributed by atoms with Gasteiger partial charge in [0.25, 0.3) is 0 Å². The summed E-state index contributed by atoms with van der Waals surface area (Å²) in [6, 6.07) is 4.93. The first-order valence-electron chi connectivity index (χ1n) is 4.14. The third-order valence-corrected chi connectivity index (χ3v) is 1.92. The first kappa shape index (κ1) is 8.62. The topological polar surface area (TPSA) is 63.1 Å². The van der Waals surface area contributed by atoms with E-state index in [2.05, 4.69) is 9.97 Å². The number of rotatable bonds is 1. The Morgan fingerprint density at radius 1 is 1.43 bits per heavy atom. The first-order valence-corrected chi connectivity index (χ1v) is 4.14. The van der Waals surface area contributed by atoms with Crippen LogP contribution in [-0.2, 0) is 0 Å². The minimum atomic E-state index is -0.976. The molecule has 0 saturated heterocycles. The number of aromatic carboxylic acids is 1. The quantitative estimate of drug-likeness (QED) is 0.738. The molecule has 1 heterocycles. The highest BCUT2D eigenvalue weighted by molar-refractivity contribution is 6.00. The lowest BCUT2D eigenvalue weighted by Crippen LogP contribution is -2.00. The van der Waals surface area contributed by atoms with Crippen LogP contribution in [0, 0.1) is 6.92 Å². The van der Waals surface area contributed by atoms with Crippen molar-refractivity contribution in [2.45, 2.75) is 6.92 Å². The predicted molar refractivity (Wildman–Crippen MR) is 51.2 cm³/mol. The van der Waals surface area contributed by atoms with Gasteiger partial charge in [0.1, 0.15) is 5.52 Å². The Morgan fingerprint density at radius 3 is 2.93 bits per heavy atom. The number of para-hydroxylation sites is 1. The van der Waals surface area contributed by atoms with Crippen molar-refractivity contribution in [3.8, 4) is 0 Å². The SMILES string of the molecule is Cc1cnc2cccc(C(=O)O)c2n1. The summed E-state index contributed by atoms with van der Waals surface area (Å²) in [4.78, 5) is 19.1. The summed E-state index contributed by atoms with van der Waals surface area (Å²) >= 11 is 0. The van der Waals surface area contributed by atoms with E-state index in [0.29, 0.717) is 16.7 Å². The lowest BCUT2D eigenvalue weighted by molar-refractivity contribution is 0.0699. The Balaban J connectivity index is 2.84. The number of carboxylic acid groups (broad SMARTS) is 1. The Morgan fingerprint density at radius 2 is 2.21 bits per heavy atom. The molecule has 0 saturated carbocycles. The molecule has 1 aromatic carbocycles. The molecule has 0 fully saturated rings. The molecule has 0 aliphatic rings. The second-order valence-electron chi connectivity index (χ2n) is 2.99. The van der Waals surface area contributed by atoms with Crippen molar-refractivity contribution in [3.63, 3.8) is 0 Å². The molecule has 70 valence electrons. The molecule has 0 aliphatic carbocycles. The lowest BCUT2D eigenvalue weighted by atomic mass is 10.2. The van der Waals surface area contributed by atoms with Gasteiger partial charge < -0.3 is 5.11 Å². The minimum Gasteiger partial charge on any atom is -0.478 e. The van der Waals surface area contributed by atoms with Gasteiger partial charge in [-0.25, -0.2) is 9.78 Å². The van der Waals surface area contributed by atoms with Gasteiger partial charge in [0, 0.05) is 6.20 Å². The normalized spacial score (nSPS) is 10.4. The monoisotopic (exact) mass is 188 g/mol. The van der Waals surface area contributed by atoms with Crippen LogP contribution >= 0.6 is 0 Å². The molecule has 14 heavy (non-hydrogen) atoms. The van der Waals surface area contributed by atoms with Gasteiger partial charge >= 0.3 is 5.97 Å². The van der Waals surface area contributed by atoms with Crippen LogP contribution < -0.4 is 0 Å². The fraction of sp³-hybridized carbons (Fsp3) is 0.100. The van der Waals surface area contributed by atoms with E-state index in [4.69, 9.17) is 5.11 Å². The second kappa shape index (κ2) is 3.06. The molecule has 0 spiro atoms. The average Bonchev–Trinajstić information content (AvgIpc) is 2.16. The van der Waals surface area contributed by atoms with E-state index in [1.807, 2.05) is 0 Å². The predicted octanol–water partition coefficient (Wildman–Crippen LogP) is 1.64. The Kier molecular flexibility index (Phi) is 1.89. The van der Waals surface area contributed by atoms with Gasteiger partial charge in [-0.1, -0.05) is 6.07 Å². The van der Waals surface area contributed by atoms with Crippen LogP contribution in [0.5, 0.6) is 0 Å². The van der Waals surface area contributed by atoms with Crippen LogP contribution in [0.3, 0.4) is 0 Å². The van der Waals surface area contributed by atoms with E-state index in [1.165, 1.54) is 6.07 Å². The molecular weight excluding hydrogens is 180 g/mol. The standard InChI is InChI=1S/C10H8N2O2/c1-6-5-11-8-4-2-3-7(10(13)14)9(8)12-6/h2-5H,1H3,(H,13,14). The molecular formula is C10H8N2O2. The van der Waals surface area contributed by atoms with Crippen LogP contribution in [0.25, 0.3) is 11.0 Å². The Hall–Kier alpha value is -1.97. The summed E-state index contributed by atoms with van der Waals surface area (Å²) in [5.41, 5.74) is 1.96. The largest absolute Gasteiger partial charge is 0.478 e. The van der Waals surface area contributed by atoms with Crippen molar-refractivity contribution in [1.29, 1.82) is 0 Å². The summed E-state index contributed by atoms with van der Waals surface area (Å²) in [5.74, 6) is -0.976. The second-order valence-corrected chi connectivity index (χ2v) is 2.99. The van der Waals surface area contributed by atoms with E-state index in [0.717, 1.165) is 0 Å². The van der Waals surface area contributed by atoms with E-state index >= 15 is 0 Å². The lowest BCUT2D eigenvalue weighted by Gasteiger charge is -2.00. The minimum absolute atomic E-state index is 0.193. The molecule has 0 atom stereocenters. The number of carbonyl (C=O) groups is 1. The van der Waals surface area contributed by atoms with Crippen molar-refractivity contribution in [3.05, 3.63) is 35.7 Å². The molecule has 4 heteroatoms. The van der Waals surface area contributed by atoms with Crippen molar-refractivity contribution in [2.24, 2.45) is 0 Å². The smallest absolute Gasteiger partial charge is 0.337 e. The van der Waals surface area contributed by atoms with Crippen molar-refractivity contribution in [2.75, 3.05) is 0 Å². The van der Waals surface area contributed by atoms with Crippen LogP contribution in [0.15, 0.2) is 24.4 Å². The highest BCUT2D eigenvalue weighted by Crippen LogP contribution is 2.14. The molecule has 0 radical (unpaired) electrons. The van der Waals surface area contributed by atoms with Gasteiger partial charge in [0.2, 0.25) is 0 Å². The van der Waals surface area contributed by atoms with Crippen molar-refractivity contribution in [1.82, 2.24) is 9.97 Å². The summed E-state index contributed by atoms with van der Waals surface area (Å²) < 4.78 is 0. The number of hydrogen-bond acceptors (Lipinski definition) is 3. The maximum absolute atomic E-state index is 10.9. The highest BCUT2D eigenvalue weighted by atomic mass is 16.4. The van der Waals surface area contributed by atoms with Crippen molar-refractivity contribution < 1.29 is 9.90 Å². The average molecular weight is 188 g/mol. The van der Waals surface area contributed by atoms with E-state index in [-0.39, 0.29) is 5.56 Å². The number of nitrogens with zero attached hydrogens (tertiary/aromatic N) is 2. The van der Waals surface area contributed by atoms with Crippen LogP contribution in [0.2, 0.25) is 0 Å². The summed E-state index contributed by atoms with van der Waals surface area (Å²) in [6.45, 7) is 1.78. The highest BCUT2D eigenvalue weighted by Gasteiger charge is 2.09. The molecule has 0 amide bonds. The fourth-order valence-corrected chi connectivity index (χ4v) is 1.29. The van der Waals surface area contributed by atoms with E-state index < -0.39 is 5.97 Å². The Labute approximate surface area is 80.2 Å². The molecule has 1 N–H and O–H groups in total. The molecule has 0 aliphatic heterocycles. The molecule has 2 rings (SSSR count). The van der Waals surface area contributed by atoms with Gasteiger partial charge in [-0.2, -0.15) is 0 Å². The number of aromatic nitrogens is 2. The maximum Gasteiger partial charge on any atom is 0.337 e. The van der Waals surface area contributed by atoms with Gasteiger partial charge in [-0.3, -0.25) is 4.98 Å². The third-order valence-electron chi connectivity index (χ3n) is 1.92. The van der Waals surface area contributed by atoms with Crippen LogP contribution in [0.4, 0.5) is 0 Å². The molecule has 0 unspecified atom stereocenters. The van der Waals surface area contributed by atoms with E-state index in [1.54, 1.807) is 25.3 Å². The maximum atomic E-state index is 10.9.